The summed E-state index contributed by atoms with van der Waals surface area (Å²) >= 11 is 0. The molecule has 7 heteroatoms. The fraction of sp³-hybridized carbons (Fsp3) is 0.474. The fourth-order valence-electron chi connectivity index (χ4n) is 3.33. The summed E-state index contributed by atoms with van der Waals surface area (Å²) in [6.45, 7) is 4.60. The molecule has 1 saturated carbocycles. The standard InChI is InChI=1S/C19H24N6O/c26-18(25(17-2-3-17)14-16-4-8-20-9-5-16)15-23-10-12-24(13-11-23)19-21-6-1-7-22-19/h1,4-9,17H,2-3,10-15H2. The van der Waals surface area contributed by atoms with E-state index in [1.807, 2.05) is 23.1 Å². The van der Waals surface area contributed by atoms with Crippen molar-refractivity contribution >= 4 is 11.9 Å². The Hall–Kier alpha value is -2.54. The van der Waals surface area contributed by atoms with Crippen molar-refractivity contribution in [3.63, 3.8) is 0 Å². The molecule has 1 amide bonds. The van der Waals surface area contributed by atoms with Crippen LogP contribution in [0.4, 0.5) is 5.95 Å². The molecule has 26 heavy (non-hydrogen) atoms. The molecule has 2 aromatic rings. The number of anilines is 1. The van der Waals surface area contributed by atoms with Gasteiger partial charge in [-0.1, -0.05) is 0 Å². The maximum atomic E-state index is 12.9. The molecule has 0 unspecified atom stereocenters. The van der Waals surface area contributed by atoms with Crippen molar-refractivity contribution in [3.8, 4) is 0 Å². The second-order valence-corrected chi connectivity index (χ2v) is 6.92. The molecule has 1 aliphatic carbocycles. The second kappa shape index (κ2) is 7.78. The number of pyridine rings is 1. The van der Waals surface area contributed by atoms with Crippen LogP contribution in [0.1, 0.15) is 18.4 Å². The first-order chi connectivity index (χ1) is 12.8. The van der Waals surface area contributed by atoms with Crippen LogP contribution in [-0.4, -0.2) is 69.4 Å². The molecular formula is C19H24N6O. The van der Waals surface area contributed by atoms with E-state index < -0.39 is 0 Å². The molecule has 0 bridgehead atoms. The van der Waals surface area contributed by atoms with Crippen LogP contribution in [0, 0.1) is 0 Å². The molecule has 4 rings (SSSR count). The fourth-order valence-corrected chi connectivity index (χ4v) is 3.33. The number of piperazine rings is 1. The minimum absolute atomic E-state index is 0.230. The van der Waals surface area contributed by atoms with Crippen molar-refractivity contribution < 1.29 is 4.79 Å². The van der Waals surface area contributed by atoms with E-state index in [4.69, 9.17) is 0 Å². The Labute approximate surface area is 153 Å². The highest BCUT2D eigenvalue weighted by atomic mass is 16.2. The van der Waals surface area contributed by atoms with Gasteiger partial charge in [0.2, 0.25) is 11.9 Å². The van der Waals surface area contributed by atoms with E-state index in [-0.39, 0.29) is 5.91 Å². The van der Waals surface area contributed by atoms with Gasteiger partial charge in [-0.25, -0.2) is 9.97 Å². The number of aromatic nitrogens is 3. The summed E-state index contributed by atoms with van der Waals surface area (Å²) in [5.41, 5.74) is 1.14. The van der Waals surface area contributed by atoms with Crippen LogP contribution in [0.25, 0.3) is 0 Å². The summed E-state index contributed by atoms with van der Waals surface area (Å²) in [7, 11) is 0. The molecule has 2 fully saturated rings. The van der Waals surface area contributed by atoms with E-state index in [0.29, 0.717) is 19.1 Å². The van der Waals surface area contributed by atoms with Gasteiger partial charge in [-0.05, 0) is 36.6 Å². The summed E-state index contributed by atoms with van der Waals surface area (Å²) in [6.07, 6.45) is 9.35. The molecule has 0 radical (unpaired) electrons. The third-order valence-corrected chi connectivity index (χ3v) is 4.98. The molecular weight excluding hydrogens is 328 g/mol. The summed E-state index contributed by atoms with van der Waals surface area (Å²) in [6, 6.07) is 6.21. The van der Waals surface area contributed by atoms with Crippen LogP contribution < -0.4 is 4.90 Å². The minimum Gasteiger partial charge on any atom is -0.338 e. The van der Waals surface area contributed by atoms with Crippen LogP contribution in [-0.2, 0) is 11.3 Å². The van der Waals surface area contributed by atoms with Crippen LogP contribution in [0.2, 0.25) is 0 Å². The lowest BCUT2D eigenvalue weighted by Crippen LogP contribution is -2.50. The Morgan fingerprint density at radius 3 is 2.38 bits per heavy atom. The van der Waals surface area contributed by atoms with Crippen molar-refractivity contribution in [3.05, 3.63) is 48.5 Å². The van der Waals surface area contributed by atoms with Crippen LogP contribution in [0.15, 0.2) is 43.0 Å². The molecule has 1 saturated heterocycles. The average Bonchev–Trinajstić information content (AvgIpc) is 3.53. The highest BCUT2D eigenvalue weighted by Crippen LogP contribution is 2.28. The Bertz CT molecular complexity index is 713. The smallest absolute Gasteiger partial charge is 0.237 e. The SMILES string of the molecule is O=C(CN1CCN(c2ncccn2)CC1)N(Cc1ccncc1)C1CC1. The zero-order valence-electron chi connectivity index (χ0n) is 14.9. The second-order valence-electron chi connectivity index (χ2n) is 6.92. The molecule has 0 aromatic carbocycles. The first kappa shape index (κ1) is 16.9. The number of hydrogen-bond donors (Lipinski definition) is 0. The number of carbonyl (C=O) groups is 1. The van der Waals surface area contributed by atoms with Crippen molar-refractivity contribution in [2.75, 3.05) is 37.6 Å². The predicted octanol–water partition coefficient (Wildman–Crippen LogP) is 1.18. The number of rotatable bonds is 6. The van der Waals surface area contributed by atoms with Gasteiger partial charge in [0.15, 0.2) is 0 Å². The molecule has 7 nitrogen and oxygen atoms in total. The lowest BCUT2D eigenvalue weighted by Gasteiger charge is -2.35. The molecule has 1 aliphatic heterocycles. The average molecular weight is 352 g/mol. The zero-order valence-corrected chi connectivity index (χ0v) is 14.9. The van der Waals surface area contributed by atoms with E-state index >= 15 is 0 Å². The summed E-state index contributed by atoms with van der Waals surface area (Å²) in [5, 5.41) is 0. The molecule has 3 heterocycles. The molecule has 2 aromatic heterocycles. The Kier molecular flexibility index (Phi) is 5.06. The molecule has 0 N–H and O–H groups in total. The monoisotopic (exact) mass is 352 g/mol. The first-order valence-corrected chi connectivity index (χ1v) is 9.22. The lowest BCUT2D eigenvalue weighted by molar-refractivity contribution is -0.133. The van der Waals surface area contributed by atoms with Crippen molar-refractivity contribution in [2.24, 2.45) is 0 Å². The lowest BCUT2D eigenvalue weighted by atomic mass is 10.2. The highest BCUT2D eigenvalue weighted by molar-refractivity contribution is 5.79. The van der Waals surface area contributed by atoms with E-state index in [1.54, 1.807) is 24.8 Å². The first-order valence-electron chi connectivity index (χ1n) is 9.22. The molecule has 2 aliphatic rings. The maximum Gasteiger partial charge on any atom is 0.237 e. The predicted molar refractivity (Wildman–Crippen MR) is 98.5 cm³/mol. The maximum absolute atomic E-state index is 12.9. The summed E-state index contributed by atoms with van der Waals surface area (Å²) < 4.78 is 0. The van der Waals surface area contributed by atoms with Gasteiger partial charge < -0.3 is 9.80 Å². The Balaban J connectivity index is 1.31. The van der Waals surface area contributed by atoms with Gasteiger partial charge in [-0.3, -0.25) is 14.7 Å². The number of nitrogens with zero attached hydrogens (tertiary/aromatic N) is 6. The third kappa shape index (κ3) is 4.16. The molecule has 0 spiro atoms. The van der Waals surface area contributed by atoms with E-state index in [1.165, 1.54) is 0 Å². The van der Waals surface area contributed by atoms with Gasteiger partial charge in [0.1, 0.15) is 0 Å². The van der Waals surface area contributed by atoms with Crippen molar-refractivity contribution in [2.45, 2.75) is 25.4 Å². The van der Waals surface area contributed by atoms with Gasteiger partial charge >= 0.3 is 0 Å². The molecule has 136 valence electrons. The highest BCUT2D eigenvalue weighted by Gasteiger charge is 2.33. The number of hydrogen-bond acceptors (Lipinski definition) is 6. The molecule has 0 atom stereocenters. The number of carbonyl (C=O) groups excluding carboxylic acids is 1. The van der Waals surface area contributed by atoms with Crippen LogP contribution in [0.5, 0.6) is 0 Å². The van der Waals surface area contributed by atoms with Gasteiger partial charge in [0, 0.05) is 63.6 Å². The van der Waals surface area contributed by atoms with Gasteiger partial charge in [-0.2, -0.15) is 0 Å². The van der Waals surface area contributed by atoms with E-state index in [2.05, 4.69) is 24.8 Å². The summed E-state index contributed by atoms with van der Waals surface area (Å²) in [5.74, 6) is 1.00. The minimum atomic E-state index is 0.230. The summed E-state index contributed by atoms with van der Waals surface area (Å²) in [4.78, 5) is 32.0. The van der Waals surface area contributed by atoms with Gasteiger partial charge in [-0.15, -0.1) is 0 Å². The Morgan fingerprint density at radius 1 is 1.04 bits per heavy atom. The normalized spacial score (nSPS) is 17.9. The Morgan fingerprint density at radius 2 is 1.73 bits per heavy atom. The third-order valence-electron chi connectivity index (χ3n) is 4.98. The number of amides is 1. The topological polar surface area (TPSA) is 65.5 Å². The quantitative estimate of drug-likeness (QED) is 0.778. The van der Waals surface area contributed by atoms with Gasteiger partial charge in [0.05, 0.1) is 6.54 Å². The van der Waals surface area contributed by atoms with Gasteiger partial charge in [0.25, 0.3) is 0 Å². The van der Waals surface area contributed by atoms with Crippen molar-refractivity contribution in [1.29, 1.82) is 0 Å². The van der Waals surface area contributed by atoms with Crippen LogP contribution in [0.3, 0.4) is 0 Å². The van der Waals surface area contributed by atoms with E-state index in [0.717, 1.165) is 50.5 Å². The van der Waals surface area contributed by atoms with E-state index in [9.17, 15) is 4.79 Å². The zero-order chi connectivity index (χ0) is 17.8. The van der Waals surface area contributed by atoms with Crippen LogP contribution >= 0.6 is 0 Å². The van der Waals surface area contributed by atoms with Crippen molar-refractivity contribution in [1.82, 2.24) is 24.8 Å². The largest absolute Gasteiger partial charge is 0.338 e.